The van der Waals surface area contributed by atoms with Crippen LogP contribution < -0.4 is 10.6 Å². The maximum Gasteiger partial charge on any atom is 0.0723 e. The summed E-state index contributed by atoms with van der Waals surface area (Å²) in [4.78, 5) is 0. The molecule has 0 aliphatic carbocycles. The van der Waals surface area contributed by atoms with E-state index in [4.69, 9.17) is 34.8 Å². The second kappa shape index (κ2) is 4.15. The summed E-state index contributed by atoms with van der Waals surface area (Å²) in [7, 11) is 0. The van der Waals surface area contributed by atoms with Crippen molar-refractivity contribution in [3.63, 3.8) is 0 Å². The summed E-state index contributed by atoms with van der Waals surface area (Å²) in [5, 5.41) is 8.10. The van der Waals surface area contributed by atoms with Crippen LogP contribution in [-0.2, 0) is 0 Å². The average molecular weight is 252 g/mol. The first-order valence-electron chi connectivity index (χ1n) is 4.28. The van der Waals surface area contributed by atoms with Gasteiger partial charge in [0, 0.05) is 18.1 Å². The van der Waals surface area contributed by atoms with Gasteiger partial charge in [-0.2, -0.15) is 0 Å². The molecular formula is C9H9Cl3N2. The molecule has 1 fully saturated rings. The highest BCUT2D eigenvalue weighted by atomic mass is 35.5. The fourth-order valence-electron chi connectivity index (χ4n) is 1.27. The van der Waals surface area contributed by atoms with E-state index < -0.39 is 0 Å². The Morgan fingerprint density at radius 2 is 1.71 bits per heavy atom. The molecule has 5 heteroatoms. The first-order valence-corrected chi connectivity index (χ1v) is 5.42. The van der Waals surface area contributed by atoms with Crippen LogP contribution in [0.2, 0.25) is 15.1 Å². The summed E-state index contributed by atoms with van der Waals surface area (Å²) in [5.41, 5.74) is 0.768. The molecule has 2 nitrogen and oxygen atoms in total. The van der Waals surface area contributed by atoms with Gasteiger partial charge in [-0.05, 0) is 12.1 Å². The molecule has 0 radical (unpaired) electrons. The molecule has 1 heterocycles. The monoisotopic (exact) mass is 250 g/mol. The standard InChI is InChI=1S/C9H9Cl3N2/c10-5-1-7(11)9(8(12)2-5)14-6-3-13-4-6/h1-2,6,13-14H,3-4H2. The fourth-order valence-corrected chi connectivity index (χ4v) is 2.20. The van der Waals surface area contributed by atoms with Crippen LogP contribution in [0.5, 0.6) is 0 Å². The second-order valence-corrected chi connectivity index (χ2v) is 4.49. The molecule has 14 heavy (non-hydrogen) atoms. The van der Waals surface area contributed by atoms with Crippen LogP contribution in [0.4, 0.5) is 5.69 Å². The molecule has 2 rings (SSSR count). The van der Waals surface area contributed by atoms with E-state index in [-0.39, 0.29) is 0 Å². The van der Waals surface area contributed by atoms with E-state index in [1.165, 1.54) is 0 Å². The number of halogens is 3. The van der Waals surface area contributed by atoms with Gasteiger partial charge in [-0.15, -0.1) is 0 Å². The molecule has 1 aromatic carbocycles. The number of hydrogen-bond donors (Lipinski definition) is 2. The molecule has 76 valence electrons. The molecule has 0 atom stereocenters. The summed E-state index contributed by atoms with van der Waals surface area (Å²) < 4.78 is 0. The molecule has 0 spiro atoms. The topological polar surface area (TPSA) is 24.1 Å². The van der Waals surface area contributed by atoms with E-state index >= 15 is 0 Å². The van der Waals surface area contributed by atoms with Crippen molar-refractivity contribution in [2.24, 2.45) is 0 Å². The number of anilines is 1. The third-order valence-corrected chi connectivity index (χ3v) is 2.95. The predicted molar refractivity (Wildman–Crippen MR) is 61.8 cm³/mol. The molecule has 1 aliphatic rings. The van der Waals surface area contributed by atoms with E-state index in [1.807, 2.05) is 0 Å². The molecular weight excluding hydrogens is 242 g/mol. The Kier molecular flexibility index (Phi) is 3.07. The molecule has 0 unspecified atom stereocenters. The molecule has 1 aromatic rings. The van der Waals surface area contributed by atoms with Gasteiger partial charge in [0.1, 0.15) is 0 Å². The van der Waals surface area contributed by atoms with Crippen molar-refractivity contribution in [2.45, 2.75) is 6.04 Å². The van der Waals surface area contributed by atoms with Crippen molar-refractivity contribution in [3.8, 4) is 0 Å². The maximum absolute atomic E-state index is 6.01. The van der Waals surface area contributed by atoms with Crippen LogP contribution >= 0.6 is 34.8 Å². The Hall–Kier alpha value is -0.150. The van der Waals surface area contributed by atoms with Crippen molar-refractivity contribution >= 4 is 40.5 Å². The molecule has 1 aliphatic heterocycles. The van der Waals surface area contributed by atoms with Crippen LogP contribution in [0.1, 0.15) is 0 Å². The van der Waals surface area contributed by atoms with Gasteiger partial charge in [0.25, 0.3) is 0 Å². The van der Waals surface area contributed by atoms with Gasteiger partial charge < -0.3 is 10.6 Å². The third kappa shape index (κ3) is 2.09. The summed E-state index contributed by atoms with van der Waals surface area (Å²) in [6, 6.07) is 3.78. The highest BCUT2D eigenvalue weighted by molar-refractivity contribution is 6.41. The minimum Gasteiger partial charge on any atom is -0.377 e. The van der Waals surface area contributed by atoms with Crippen molar-refractivity contribution in [2.75, 3.05) is 18.4 Å². The first kappa shape index (κ1) is 10.4. The number of hydrogen-bond acceptors (Lipinski definition) is 2. The Morgan fingerprint density at radius 1 is 1.14 bits per heavy atom. The van der Waals surface area contributed by atoms with E-state index in [9.17, 15) is 0 Å². The van der Waals surface area contributed by atoms with Gasteiger partial charge in [0.15, 0.2) is 0 Å². The summed E-state index contributed by atoms with van der Waals surface area (Å²) in [6.07, 6.45) is 0. The van der Waals surface area contributed by atoms with E-state index in [0.29, 0.717) is 21.1 Å². The van der Waals surface area contributed by atoms with Crippen molar-refractivity contribution in [1.29, 1.82) is 0 Å². The number of nitrogens with one attached hydrogen (secondary N) is 2. The lowest BCUT2D eigenvalue weighted by atomic mass is 10.1. The number of rotatable bonds is 2. The minimum absolute atomic E-state index is 0.408. The Balaban J connectivity index is 2.22. The number of benzene rings is 1. The maximum atomic E-state index is 6.01. The summed E-state index contributed by atoms with van der Waals surface area (Å²) in [5.74, 6) is 0. The smallest absolute Gasteiger partial charge is 0.0723 e. The van der Waals surface area contributed by atoms with Gasteiger partial charge >= 0.3 is 0 Å². The quantitative estimate of drug-likeness (QED) is 0.844. The lowest BCUT2D eigenvalue weighted by Crippen LogP contribution is -2.51. The summed E-state index contributed by atoms with van der Waals surface area (Å²) in [6.45, 7) is 1.88. The van der Waals surface area contributed by atoms with Crippen LogP contribution in [0.25, 0.3) is 0 Å². The highest BCUT2D eigenvalue weighted by Gasteiger charge is 2.18. The van der Waals surface area contributed by atoms with Gasteiger partial charge in [0.05, 0.1) is 21.8 Å². The van der Waals surface area contributed by atoms with Gasteiger partial charge in [-0.3, -0.25) is 0 Å². The lowest BCUT2D eigenvalue weighted by molar-refractivity contribution is 0.472. The predicted octanol–water partition coefficient (Wildman–Crippen LogP) is 3.03. The van der Waals surface area contributed by atoms with Crippen LogP contribution in [-0.4, -0.2) is 19.1 Å². The van der Waals surface area contributed by atoms with E-state index in [2.05, 4.69) is 10.6 Å². The van der Waals surface area contributed by atoms with E-state index in [1.54, 1.807) is 12.1 Å². The molecule has 0 bridgehead atoms. The SMILES string of the molecule is Clc1cc(Cl)c(NC2CNC2)c(Cl)c1. The Bertz CT molecular complexity index is 327. The van der Waals surface area contributed by atoms with Crippen LogP contribution in [0.15, 0.2) is 12.1 Å². The lowest BCUT2D eigenvalue weighted by Gasteiger charge is -2.29. The molecule has 0 aromatic heterocycles. The average Bonchev–Trinajstić information content (AvgIpc) is 1.98. The van der Waals surface area contributed by atoms with Crippen LogP contribution in [0.3, 0.4) is 0 Å². The molecule has 2 N–H and O–H groups in total. The van der Waals surface area contributed by atoms with Gasteiger partial charge in [0.2, 0.25) is 0 Å². The highest BCUT2D eigenvalue weighted by Crippen LogP contribution is 2.34. The van der Waals surface area contributed by atoms with Crippen molar-refractivity contribution < 1.29 is 0 Å². The minimum atomic E-state index is 0.408. The molecule has 0 amide bonds. The zero-order valence-corrected chi connectivity index (χ0v) is 9.55. The first-order chi connectivity index (χ1) is 6.66. The van der Waals surface area contributed by atoms with E-state index in [0.717, 1.165) is 18.8 Å². The largest absolute Gasteiger partial charge is 0.377 e. The normalized spacial score (nSPS) is 16.5. The zero-order chi connectivity index (χ0) is 10.1. The fraction of sp³-hybridized carbons (Fsp3) is 0.333. The van der Waals surface area contributed by atoms with Crippen molar-refractivity contribution in [1.82, 2.24) is 5.32 Å². The molecule has 0 saturated carbocycles. The Labute approximate surface area is 97.5 Å². The third-order valence-electron chi connectivity index (χ3n) is 2.14. The van der Waals surface area contributed by atoms with Gasteiger partial charge in [-0.1, -0.05) is 34.8 Å². The summed E-state index contributed by atoms with van der Waals surface area (Å²) >= 11 is 17.8. The second-order valence-electron chi connectivity index (χ2n) is 3.24. The van der Waals surface area contributed by atoms with Gasteiger partial charge in [-0.25, -0.2) is 0 Å². The van der Waals surface area contributed by atoms with Crippen LogP contribution in [0, 0.1) is 0 Å². The van der Waals surface area contributed by atoms with Crippen molar-refractivity contribution in [3.05, 3.63) is 27.2 Å². The molecule has 1 saturated heterocycles. The Morgan fingerprint density at radius 3 is 2.14 bits per heavy atom. The zero-order valence-electron chi connectivity index (χ0n) is 7.28.